The van der Waals surface area contributed by atoms with Crippen LogP contribution in [0.25, 0.3) is 0 Å². The van der Waals surface area contributed by atoms with Crippen molar-refractivity contribution in [3.8, 4) is 0 Å². The number of nitrogens with zero attached hydrogens (tertiary/aromatic N) is 1. The number of hydrogen-bond donors (Lipinski definition) is 1. The lowest BCUT2D eigenvalue weighted by molar-refractivity contribution is -0.519. The van der Waals surface area contributed by atoms with Crippen molar-refractivity contribution in [2.75, 3.05) is 6.54 Å². The van der Waals surface area contributed by atoms with E-state index in [-0.39, 0.29) is 0 Å². The Bertz CT molecular complexity index is 204. The van der Waals surface area contributed by atoms with Gasteiger partial charge in [0.05, 0.1) is 0 Å². The molecule has 0 radical (unpaired) electrons. The van der Waals surface area contributed by atoms with Crippen molar-refractivity contribution in [1.82, 2.24) is 0 Å². The summed E-state index contributed by atoms with van der Waals surface area (Å²) >= 11 is 0. The molecule has 0 aromatic rings. The fraction of sp³-hybridized carbons (Fsp3) is 1.00. The molecule has 0 aliphatic rings. The zero-order valence-corrected chi connectivity index (χ0v) is 7.13. The molecule has 4 nitrogen and oxygen atoms in total. The van der Waals surface area contributed by atoms with E-state index in [9.17, 15) is 23.3 Å². The van der Waals surface area contributed by atoms with Gasteiger partial charge in [-0.2, -0.15) is 13.2 Å². The molecule has 0 spiro atoms. The third kappa shape index (κ3) is 2.55. The summed E-state index contributed by atoms with van der Waals surface area (Å²) in [4.78, 5) is 8.74. The largest absolute Gasteiger partial charge is 0.423 e. The van der Waals surface area contributed by atoms with Gasteiger partial charge < -0.3 is 5.11 Å². The Balaban J connectivity index is 4.85. The molecule has 0 heterocycles. The molecule has 0 saturated heterocycles. The molecule has 1 N–H and O–H groups in total. The number of hydrogen-bond acceptors (Lipinski definition) is 3. The minimum atomic E-state index is -4.98. The van der Waals surface area contributed by atoms with E-state index < -0.39 is 29.2 Å². The van der Waals surface area contributed by atoms with Crippen LogP contribution in [0.3, 0.4) is 0 Å². The molecule has 0 aromatic carbocycles. The Morgan fingerprint density at radius 2 is 1.85 bits per heavy atom. The topological polar surface area (TPSA) is 63.4 Å². The van der Waals surface area contributed by atoms with Crippen molar-refractivity contribution >= 4 is 0 Å². The van der Waals surface area contributed by atoms with Gasteiger partial charge >= 0.3 is 6.18 Å². The van der Waals surface area contributed by atoms with E-state index >= 15 is 0 Å². The highest BCUT2D eigenvalue weighted by atomic mass is 19.4. The summed E-state index contributed by atoms with van der Waals surface area (Å²) in [5.74, 6) is -1.25. The Kier molecular flexibility index (Phi) is 3.26. The van der Waals surface area contributed by atoms with Crippen LogP contribution in [0, 0.1) is 16.0 Å². The zero-order valence-electron chi connectivity index (χ0n) is 7.13. The van der Waals surface area contributed by atoms with E-state index in [0.717, 1.165) is 13.8 Å². The molecule has 0 rings (SSSR count). The summed E-state index contributed by atoms with van der Waals surface area (Å²) in [6.45, 7) is 0.641. The number of aliphatic hydroxyl groups is 1. The van der Waals surface area contributed by atoms with E-state index in [1.54, 1.807) is 0 Å². The Labute approximate surface area is 72.5 Å². The number of alkyl halides is 3. The molecule has 0 bridgehead atoms. The molecule has 13 heavy (non-hydrogen) atoms. The molecule has 0 saturated carbocycles. The molecular weight excluding hydrogens is 191 g/mol. The smallest absolute Gasteiger partial charge is 0.375 e. The fourth-order valence-corrected chi connectivity index (χ4v) is 0.796. The zero-order chi connectivity index (χ0) is 10.9. The van der Waals surface area contributed by atoms with Gasteiger partial charge in [-0.3, -0.25) is 10.1 Å². The molecule has 78 valence electrons. The summed E-state index contributed by atoms with van der Waals surface area (Å²) in [7, 11) is 0. The average molecular weight is 201 g/mol. The van der Waals surface area contributed by atoms with Crippen LogP contribution >= 0.6 is 0 Å². The second kappa shape index (κ2) is 3.49. The van der Waals surface area contributed by atoms with Gasteiger partial charge in [0.2, 0.25) is 12.1 Å². The van der Waals surface area contributed by atoms with Crippen molar-refractivity contribution < 1.29 is 23.2 Å². The van der Waals surface area contributed by atoms with Crippen LogP contribution in [-0.2, 0) is 0 Å². The van der Waals surface area contributed by atoms with Crippen LogP contribution in [0.15, 0.2) is 0 Å². The maximum Gasteiger partial charge on any atom is 0.423 e. The molecule has 0 aliphatic carbocycles. The van der Waals surface area contributed by atoms with Crippen LogP contribution in [0.1, 0.15) is 13.8 Å². The fourth-order valence-electron chi connectivity index (χ4n) is 0.796. The SMILES string of the molecule is CC(C)C(O)(C[N+](=O)[O-])C(F)(F)F. The van der Waals surface area contributed by atoms with E-state index in [1.165, 1.54) is 0 Å². The van der Waals surface area contributed by atoms with Gasteiger partial charge in [-0.1, -0.05) is 13.8 Å². The highest BCUT2D eigenvalue weighted by Gasteiger charge is 2.59. The maximum atomic E-state index is 12.2. The standard InChI is InChI=1S/C6H10F3NO3/c1-4(2)5(11,3-10(12)13)6(7,8)9/h4,11H,3H2,1-2H3. The molecule has 1 atom stereocenters. The number of halogens is 3. The van der Waals surface area contributed by atoms with E-state index in [4.69, 9.17) is 5.11 Å². The highest BCUT2D eigenvalue weighted by Crippen LogP contribution is 2.36. The van der Waals surface area contributed by atoms with Gasteiger partial charge in [-0.25, -0.2) is 0 Å². The van der Waals surface area contributed by atoms with Crippen molar-refractivity contribution in [3.63, 3.8) is 0 Å². The maximum absolute atomic E-state index is 12.2. The van der Waals surface area contributed by atoms with E-state index in [0.29, 0.717) is 0 Å². The molecular formula is C6H10F3NO3. The van der Waals surface area contributed by atoms with Crippen molar-refractivity contribution in [3.05, 3.63) is 10.1 Å². The van der Waals surface area contributed by atoms with Crippen LogP contribution in [0.4, 0.5) is 13.2 Å². The first-order chi connectivity index (χ1) is 5.61. The lowest BCUT2D eigenvalue weighted by Gasteiger charge is -2.29. The predicted octanol–water partition coefficient (Wildman–Crippen LogP) is 1.21. The summed E-state index contributed by atoms with van der Waals surface area (Å²) in [6.07, 6.45) is -4.98. The normalized spacial score (nSPS) is 17.2. The first-order valence-electron chi connectivity index (χ1n) is 3.52. The Hall–Kier alpha value is -0.850. The van der Waals surface area contributed by atoms with E-state index in [1.807, 2.05) is 0 Å². The van der Waals surface area contributed by atoms with Crippen molar-refractivity contribution in [1.29, 1.82) is 0 Å². The van der Waals surface area contributed by atoms with Crippen LogP contribution in [0.5, 0.6) is 0 Å². The predicted molar refractivity (Wildman–Crippen MR) is 37.7 cm³/mol. The lowest BCUT2D eigenvalue weighted by Crippen LogP contribution is -2.54. The number of nitro groups is 1. The van der Waals surface area contributed by atoms with Crippen LogP contribution in [-0.4, -0.2) is 28.4 Å². The molecule has 1 unspecified atom stereocenters. The van der Waals surface area contributed by atoms with Gasteiger partial charge in [0.1, 0.15) is 0 Å². The third-order valence-corrected chi connectivity index (χ3v) is 1.82. The van der Waals surface area contributed by atoms with Crippen LogP contribution in [0.2, 0.25) is 0 Å². The molecule has 7 heteroatoms. The van der Waals surface area contributed by atoms with Crippen molar-refractivity contribution in [2.45, 2.75) is 25.6 Å². The van der Waals surface area contributed by atoms with Gasteiger partial charge in [-0.15, -0.1) is 0 Å². The average Bonchev–Trinajstić information content (AvgIpc) is 1.82. The molecule has 0 amide bonds. The van der Waals surface area contributed by atoms with Gasteiger partial charge in [-0.05, 0) is 5.92 Å². The lowest BCUT2D eigenvalue weighted by atomic mass is 9.90. The summed E-state index contributed by atoms with van der Waals surface area (Å²) in [5.41, 5.74) is -3.24. The Morgan fingerprint density at radius 1 is 1.46 bits per heavy atom. The second-order valence-electron chi connectivity index (χ2n) is 3.07. The van der Waals surface area contributed by atoms with E-state index in [2.05, 4.69) is 0 Å². The first-order valence-corrected chi connectivity index (χ1v) is 3.52. The molecule has 0 fully saturated rings. The summed E-state index contributed by atoms with van der Waals surface area (Å²) in [6, 6.07) is 0. The summed E-state index contributed by atoms with van der Waals surface area (Å²) in [5, 5.41) is 18.9. The minimum absolute atomic E-state index is 1.08. The first kappa shape index (κ1) is 12.2. The monoisotopic (exact) mass is 201 g/mol. The van der Waals surface area contributed by atoms with Crippen molar-refractivity contribution in [2.24, 2.45) is 5.92 Å². The Morgan fingerprint density at radius 3 is 1.92 bits per heavy atom. The second-order valence-corrected chi connectivity index (χ2v) is 3.07. The summed E-state index contributed by atoms with van der Waals surface area (Å²) < 4.78 is 36.5. The number of rotatable bonds is 3. The minimum Gasteiger partial charge on any atom is -0.375 e. The van der Waals surface area contributed by atoms with Crippen LogP contribution < -0.4 is 0 Å². The highest BCUT2D eigenvalue weighted by molar-refractivity contribution is 4.88. The third-order valence-electron chi connectivity index (χ3n) is 1.82. The van der Waals surface area contributed by atoms with Gasteiger partial charge in [0.15, 0.2) is 0 Å². The van der Waals surface area contributed by atoms with Gasteiger partial charge in [0, 0.05) is 4.92 Å². The molecule has 0 aromatic heterocycles. The quantitative estimate of drug-likeness (QED) is 0.551. The molecule has 0 aliphatic heterocycles. The van der Waals surface area contributed by atoms with Gasteiger partial charge in [0.25, 0.3) is 0 Å².